The van der Waals surface area contributed by atoms with Crippen LogP contribution in [0.4, 0.5) is 6.01 Å². The Morgan fingerprint density at radius 2 is 2.14 bits per heavy atom. The molecule has 1 unspecified atom stereocenters. The van der Waals surface area contributed by atoms with Crippen LogP contribution in [0, 0.1) is 0 Å². The fraction of sp³-hybridized carbons (Fsp3) is 0.357. The van der Waals surface area contributed by atoms with Gasteiger partial charge in [0, 0.05) is 6.42 Å². The molecule has 1 aliphatic rings. The summed E-state index contributed by atoms with van der Waals surface area (Å²) >= 11 is 0. The molecule has 1 aliphatic heterocycles. The van der Waals surface area contributed by atoms with E-state index in [-0.39, 0.29) is 24.4 Å². The number of hydrogen-bond acceptors (Lipinski definition) is 6. The standard InChI is InChI=1S/C14H15N3O4/c1-2-5-12(18)15-14-17-16-13(21-14)11-8-19-9-6-3-4-7-10(9)20-11/h3-4,6-7,11H,2,5,8H2,1H3,(H,15,17,18). The summed E-state index contributed by atoms with van der Waals surface area (Å²) in [6.07, 6.45) is 0.682. The second kappa shape index (κ2) is 5.82. The number of carbonyl (C=O) groups excluding carboxylic acids is 1. The summed E-state index contributed by atoms with van der Waals surface area (Å²) in [7, 11) is 0. The lowest BCUT2D eigenvalue weighted by Gasteiger charge is -2.23. The summed E-state index contributed by atoms with van der Waals surface area (Å²) in [6, 6.07) is 7.44. The summed E-state index contributed by atoms with van der Waals surface area (Å²) in [5.74, 6) is 1.43. The van der Waals surface area contributed by atoms with Crippen LogP contribution >= 0.6 is 0 Å². The van der Waals surface area contributed by atoms with Crippen molar-refractivity contribution in [2.24, 2.45) is 0 Å². The van der Waals surface area contributed by atoms with Gasteiger partial charge in [0.2, 0.25) is 12.0 Å². The number of aromatic nitrogens is 2. The van der Waals surface area contributed by atoms with Gasteiger partial charge < -0.3 is 13.9 Å². The van der Waals surface area contributed by atoms with Crippen LogP contribution in [0.3, 0.4) is 0 Å². The number of carbonyl (C=O) groups is 1. The topological polar surface area (TPSA) is 86.5 Å². The Hall–Kier alpha value is -2.57. The van der Waals surface area contributed by atoms with Gasteiger partial charge in [0.25, 0.3) is 5.89 Å². The quantitative estimate of drug-likeness (QED) is 0.929. The Kier molecular flexibility index (Phi) is 3.72. The first-order valence-electron chi connectivity index (χ1n) is 6.78. The van der Waals surface area contributed by atoms with Crippen molar-refractivity contribution in [1.29, 1.82) is 0 Å². The van der Waals surface area contributed by atoms with E-state index >= 15 is 0 Å². The largest absolute Gasteiger partial charge is 0.485 e. The third-order valence-electron chi connectivity index (χ3n) is 2.95. The first-order chi connectivity index (χ1) is 10.3. The number of anilines is 1. The molecule has 7 nitrogen and oxygen atoms in total. The van der Waals surface area contributed by atoms with E-state index in [0.717, 1.165) is 6.42 Å². The molecular formula is C14H15N3O4. The van der Waals surface area contributed by atoms with Crippen molar-refractivity contribution < 1.29 is 18.7 Å². The van der Waals surface area contributed by atoms with Crippen LogP contribution < -0.4 is 14.8 Å². The molecule has 0 fully saturated rings. The van der Waals surface area contributed by atoms with E-state index in [1.807, 2.05) is 31.2 Å². The molecular weight excluding hydrogens is 274 g/mol. The number of nitrogens with zero attached hydrogens (tertiary/aromatic N) is 2. The third kappa shape index (κ3) is 2.96. The van der Waals surface area contributed by atoms with Gasteiger partial charge in [-0.2, -0.15) is 0 Å². The first-order valence-corrected chi connectivity index (χ1v) is 6.78. The zero-order valence-corrected chi connectivity index (χ0v) is 11.5. The number of nitrogens with one attached hydrogen (secondary N) is 1. The van der Waals surface area contributed by atoms with Gasteiger partial charge in [-0.25, -0.2) is 0 Å². The molecule has 0 saturated carbocycles. The highest BCUT2D eigenvalue weighted by Gasteiger charge is 2.27. The van der Waals surface area contributed by atoms with Crippen LogP contribution in [0.15, 0.2) is 28.7 Å². The van der Waals surface area contributed by atoms with Crippen LogP contribution in [-0.4, -0.2) is 22.7 Å². The Morgan fingerprint density at radius 3 is 2.95 bits per heavy atom. The van der Waals surface area contributed by atoms with Gasteiger partial charge in [0.1, 0.15) is 6.61 Å². The molecule has 0 aliphatic carbocycles. The zero-order chi connectivity index (χ0) is 14.7. The van der Waals surface area contributed by atoms with Gasteiger partial charge in [0.15, 0.2) is 11.5 Å². The Bertz CT molecular complexity index is 641. The summed E-state index contributed by atoms with van der Waals surface area (Å²) < 4.78 is 16.7. The van der Waals surface area contributed by atoms with Crippen LogP contribution in [0.25, 0.3) is 0 Å². The molecule has 0 saturated heterocycles. The number of amides is 1. The molecule has 3 rings (SSSR count). The normalized spacial score (nSPS) is 16.5. The molecule has 1 amide bonds. The second-order valence-corrected chi connectivity index (χ2v) is 4.61. The number of para-hydroxylation sites is 2. The van der Waals surface area contributed by atoms with E-state index in [1.54, 1.807) is 0 Å². The van der Waals surface area contributed by atoms with Gasteiger partial charge in [-0.05, 0) is 18.6 Å². The van der Waals surface area contributed by atoms with E-state index in [4.69, 9.17) is 13.9 Å². The lowest BCUT2D eigenvalue weighted by atomic mass is 10.2. The molecule has 2 heterocycles. The minimum atomic E-state index is -0.482. The van der Waals surface area contributed by atoms with Crippen LogP contribution in [0.1, 0.15) is 31.8 Å². The van der Waals surface area contributed by atoms with Crippen molar-refractivity contribution >= 4 is 11.9 Å². The molecule has 1 N–H and O–H groups in total. The number of benzene rings is 1. The van der Waals surface area contributed by atoms with Gasteiger partial charge in [-0.1, -0.05) is 24.2 Å². The maximum Gasteiger partial charge on any atom is 0.322 e. The minimum Gasteiger partial charge on any atom is -0.485 e. The smallest absolute Gasteiger partial charge is 0.322 e. The van der Waals surface area contributed by atoms with E-state index in [9.17, 15) is 4.79 Å². The van der Waals surface area contributed by atoms with Gasteiger partial charge >= 0.3 is 6.01 Å². The second-order valence-electron chi connectivity index (χ2n) is 4.61. The Balaban J connectivity index is 1.69. The molecule has 0 radical (unpaired) electrons. The highest BCUT2D eigenvalue weighted by Crippen LogP contribution is 2.35. The number of hydrogen-bond donors (Lipinski definition) is 1. The summed E-state index contributed by atoms with van der Waals surface area (Å²) in [4.78, 5) is 11.5. The van der Waals surface area contributed by atoms with Crippen molar-refractivity contribution in [2.75, 3.05) is 11.9 Å². The highest BCUT2D eigenvalue weighted by atomic mass is 16.6. The number of rotatable bonds is 4. The molecule has 0 spiro atoms. The Labute approximate surface area is 121 Å². The van der Waals surface area contributed by atoms with Crippen molar-refractivity contribution in [3.05, 3.63) is 30.2 Å². The van der Waals surface area contributed by atoms with Crippen LogP contribution in [0.2, 0.25) is 0 Å². The minimum absolute atomic E-state index is 0.0749. The fourth-order valence-electron chi connectivity index (χ4n) is 1.97. The van der Waals surface area contributed by atoms with Gasteiger partial charge in [-0.3, -0.25) is 10.1 Å². The predicted octanol–water partition coefficient (Wildman–Crippen LogP) is 2.32. The Morgan fingerprint density at radius 1 is 1.33 bits per heavy atom. The van der Waals surface area contributed by atoms with Gasteiger partial charge in [-0.15, -0.1) is 5.10 Å². The van der Waals surface area contributed by atoms with E-state index in [2.05, 4.69) is 15.5 Å². The third-order valence-corrected chi connectivity index (χ3v) is 2.95. The first kappa shape index (κ1) is 13.4. The summed E-state index contributed by atoms with van der Waals surface area (Å²) in [6.45, 7) is 2.20. The highest BCUT2D eigenvalue weighted by molar-refractivity contribution is 5.88. The molecule has 0 bridgehead atoms. The van der Waals surface area contributed by atoms with Crippen molar-refractivity contribution in [1.82, 2.24) is 10.2 Å². The molecule has 1 atom stereocenters. The molecule has 7 heteroatoms. The molecule has 1 aromatic carbocycles. The SMILES string of the molecule is CCCC(=O)Nc1nnc(C2COc3ccccc3O2)o1. The van der Waals surface area contributed by atoms with Gasteiger partial charge in [0.05, 0.1) is 0 Å². The monoisotopic (exact) mass is 289 g/mol. The lowest BCUT2D eigenvalue weighted by Crippen LogP contribution is -2.21. The summed E-state index contributed by atoms with van der Waals surface area (Å²) in [5, 5.41) is 10.2. The average molecular weight is 289 g/mol. The van der Waals surface area contributed by atoms with Crippen molar-refractivity contribution in [2.45, 2.75) is 25.9 Å². The lowest BCUT2D eigenvalue weighted by molar-refractivity contribution is -0.116. The van der Waals surface area contributed by atoms with Crippen molar-refractivity contribution in [3.63, 3.8) is 0 Å². The molecule has 110 valence electrons. The van der Waals surface area contributed by atoms with Crippen LogP contribution in [-0.2, 0) is 4.79 Å². The number of fused-ring (bicyclic) bond motifs is 1. The maximum atomic E-state index is 11.5. The molecule has 21 heavy (non-hydrogen) atoms. The predicted molar refractivity (Wildman–Crippen MR) is 73.1 cm³/mol. The van der Waals surface area contributed by atoms with E-state index < -0.39 is 6.10 Å². The van der Waals surface area contributed by atoms with Crippen LogP contribution in [0.5, 0.6) is 11.5 Å². The average Bonchev–Trinajstić information content (AvgIpc) is 2.95. The molecule has 1 aromatic heterocycles. The van der Waals surface area contributed by atoms with E-state index in [1.165, 1.54) is 0 Å². The number of ether oxygens (including phenoxy) is 2. The van der Waals surface area contributed by atoms with E-state index in [0.29, 0.717) is 17.9 Å². The molecule has 2 aromatic rings. The van der Waals surface area contributed by atoms with Crippen molar-refractivity contribution in [3.8, 4) is 11.5 Å². The maximum absolute atomic E-state index is 11.5. The zero-order valence-electron chi connectivity index (χ0n) is 11.5. The fourth-order valence-corrected chi connectivity index (χ4v) is 1.97. The summed E-state index contributed by atoms with van der Waals surface area (Å²) in [5.41, 5.74) is 0.